The van der Waals surface area contributed by atoms with Gasteiger partial charge in [-0.3, -0.25) is 0 Å². The predicted molar refractivity (Wildman–Crippen MR) is 89.8 cm³/mol. The summed E-state index contributed by atoms with van der Waals surface area (Å²) in [6, 6.07) is 7.12. The molecule has 0 saturated carbocycles. The molecule has 0 atom stereocenters. The molecule has 4 rings (SSSR count). The van der Waals surface area contributed by atoms with E-state index in [1.165, 1.54) is 31.0 Å². The summed E-state index contributed by atoms with van der Waals surface area (Å²) in [6.45, 7) is 2.18. The summed E-state index contributed by atoms with van der Waals surface area (Å²) in [5, 5.41) is 3.31. The third kappa shape index (κ3) is 3.22. The summed E-state index contributed by atoms with van der Waals surface area (Å²) in [6.07, 6.45) is 5.34. The highest BCUT2D eigenvalue weighted by atomic mass is 19.1. The Balaban J connectivity index is 1.41. The number of nitrogens with one attached hydrogen (secondary N) is 1. The Labute approximate surface area is 144 Å². The average Bonchev–Trinajstić information content (AvgIpc) is 3.23. The van der Waals surface area contributed by atoms with Gasteiger partial charge in [-0.1, -0.05) is 6.07 Å². The molecule has 1 N–H and O–H groups in total. The van der Waals surface area contributed by atoms with Gasteiger partial charge in [0.05, 0.1) is 17.8 Å². The van der Waals surface area contributed by atoms with E-state index in [-0.39, 0.29) is 11.3 Å². The minimum atomic E-state index is -0.625. The third-order valence-electron chi connectivity index (χ3n) is 4.53. The minimum absolute atomic E-state index is 0.126. The molecule has 0 amide bonds. The number of benzene rings is 1. The zero-order valence-corrected chi connectivity index (χ0v) is 13.8. The SMILES string of the molecule is Fc1cccc(F)c1-c1ccc(CNCc2cnc3n2CCCC3)o1. The molecule has 0 unspecified atom stereocenters. The van der Waals surface area contributed by atoms with Crippen LogP contribution in [-0.4, -0.2) is 9.55 Å². The van der Waals surface area contributed by atoms with Crippen molar-refractivity contribution in [2.45, 2.75) is 38.9 Å². The van der Waals surface area contributed by atoms with Gasteiger partial charge in [-0.2, -0.15) is 0 Å². The first-order valence-corrected chi connectivity index (χ1v) is 8.49. The van der Waals surface area contributed by atoms with E-state index in [1.807, 2.05) is 6.20 Å². The number of hydrogen-bond acceptors (Lipinski definition) is 3. The summed E-state index contributed by atoms with van der Waals surface area (Å²) < 4.78 is 35.5. The molecule has 0 aliphatic carbocycles. The zero-order valence-electron chi connectivity index (χ0n) is 13.8. The second-order valence-corrected chi connectivity index (χ2v) is 6.24. The first-order valence-electron chi connectivity index (χ1n) is 8.49. The van der Waals surface area contributed by atoms with Crippen LogP contribution in [0.15, 0.2) is 40.9 Å². The number of imidazole rings is 1. The van der Waals surface area contributed by atoms with E-state index in [2.05, 4.69) is 14.9 Å². The number of fused-ring (bicyclic) bond motifs is 1. The highest BCUT2D eigenvalue weighted by Crippen LogP contribution is 2.27. The second-order valence-electron chi connectivity index (χ2n) is 6.24. The lowest BCUT2D eigenvalue weighted by Crippen LogP contribution is -2.18. The standard InChI is InChI=1S/C19H19F2N3O/c20-15-4-3-5-16(21)19(15)17-8-7-14(25-17)12-22-10-13-11-23-18-6-1-2-9-24(13)18/h3-5,7-8,11,22H,1-2,6,9-10,12H2. The van der Waals surface area contributed by atoms with Crippen LogP contribution in [0.25, 0.3) is 11.3 Å². The highest BCUT2D eigenvalue weighted by Gasteiger charge is 2.16. The topological polar surface area (TPSA) is 43.0 Å². The summed E-state index contributed by atoms with van der Waals surface area (Å²) in [4.78, 5) is 4.46. The van der Waals surface area contributed by atoms with Gasteiger partial charge < -0.3 is 14.3 Å². The van der Waals surface area contributed by atoms with Crippen molar-refractivity contribution in [1.29, 1.82) is 0 Å². The third-order valence-corrected chi connectivity index (χ3v) is 4.53. The minimum Gasteiger partial charge on any atom is -0.460 e. The zero-order chi connectivity index (χ0) is 17.2. The lowest BCUT2D eigenvalue weighted by molar-refractivity contribution is 0.471. The number of furan rings is 1. The van der Waals surface area contributed by atoms with Crippen LogP contribution in [0.2, 0.25) is 0 Å². The number of halogens is 2. The van der Waals surface area contributed by atoms with Gasteiger partial charge in [-0.05, 0) is 37.1 Å². The molecule has 3 heterocycles. The van der Waals surface area contributed by atoms with Gasteiger partial charge in [0.2, 0.25) is 0 Å². The summed E-state index contributed by atoms with van der Waals surface area (Å²) in [5.41, 5.74) is 1.03. The molecule has 1 aliphatic heterocycles. The van der Waals surface area contributed by atoms with E-state index in [0.29, 0.717) is 18.8 Å². The Morgan fingerprint density at radius 2 is 1.92 bits per heavy atom. The smallest absolute Gasteiger partial charge is 0.140 e. The largest absolute Gasteiger partial charge is 0.460 e. The van der Waals surface area contributed by atoms with Crippen molar-refractivity contribution in [3.63, 3.8) is 0 Å². The lowest BCUT2D eigenvalue weighted by Gasteiger charge is -2.16. The van der Waals surface area contributed by atoms with Crippen molar-refractivity contribution in [2.24, 2.45) is 0 Å². The Morgan fingerprint density at radius 1 is 1.08 bits per heavy atom. The van der Waals surface area contributed by atoms with Crippen molar-refractivity contribution in [2.75, 3.05) is 0 Å². The highest BCUT2D eigenvalue weighted by molar-refractivity contribution is 5.59. The van der Waals surface area contributed by atoms with E-state index in [1.54, 1.807) is 12.1 Å². The van der Waals surface area contributed by atoms with E-state index in [0.717, 1.165) is 24.5 Å². The van der Waals surface area contributed by atoms with Gasteiger partial charge >= 0.3 is 0 Å². The maximum absolute atomic E-state index is 13.8. The molecule has 0 spiro atoms. The molecule has 130 valence electrons. The first kappa shape index (κ1) is 16.0. The molecule has 4 nitrogen and oxygen atoms in total. The maximum atomic E-state index is 13.8. The molecule has 1 aromatic carbocycles. The van der Waals surface area contributed by atoms with Crippen LogP contribution in [-0.2, 0) is 26.1 Å². The summed E-state index contributed by atoms with van der Waals surface area (Å²) in [5.74, 6) is 0.739. The molecule has 6 heteroatoms. The number of aryl methyl sites for hydroxylation is 1. The van der Waals surface area contributed by atoms with Gasteiger partial charge in [0.25, 0.3) is 0 Å². The molecule has 1 aliphatic rings. The molecular weight excluding hydrogens is 324 g/mol. The molecule has 0 radical (unpaired) electrons. The van der Waals surface area contributed by atoms with Gasteiger partial charge in [0.15, 0.2) is 0 Å². The lowest BCUT2D eigenvalue weighted by atomic mass is 10.1. The van der Waals surface area contributed by atoms with Crippen molar-refractivity contribution in [3.05, 3.63) is 65.4 Å². The van der Waals surface area contributed by atoms with Crippen LogP contribution in [0.1, 0.15) is 30.1 Å². The predicted octanol–water partition coefficient (Wildman–Crippen LogP) is 4.05. The molecule has 25 heavy (non-hydrogen) atoms. The Morgan fingerprint density at radius 3 is 2.76 bits per heavy atom. The molecular formula is C19H19F2N3O. The van der Waals surface area contributed by atoms with Crippen molar-refractivity contribution >= 4 is 0 Å². The molecule has 0 saturated heterocycles. The van der Waals surface area contributed by atoms with Crippen molar-refractivity contribution in [1.82, 2.24) is 14.9 Å². The fraction of sp³-hybridized carbons (Fsp3) is 0.316. The van der Waals surface area contributed by atoms with Crippen LogP contribution in [0, 0.1) is 11.6 Å². The van der Waals surface area contributed by atoms with Crippen LogP contribution in [0.3, 0.4) is 0 Å². The van der Waals surface area contributed by atoms with Crippen LogP contribution in [0.5, 0.6) is 0 Å². The Bertz CT molecular complexity index is 864. The number of hydrogen-bond donors (Lipinski definition) is 1. The fourth-order valence-electron chi connectivity index (χ4n) is 3.27. The summed E-state index contributed by atoms with van der Waals surface area (Å²) in [7, 11) is 0. The van der Waals surface area contributed by atoms with Gasteiger partial charge in [-0.25, -0.2) is 13.8 Å². The fourth-order valence-corrected chi connectivity index (χ4v) is 3.27. The van der Waals surface area contributed by atoms with Gasteiger partial charge in [-0.15, -0.1) is 0 Å². The van der Waals surface area contributed by atoms with Gasteiger partial charge in [0.1, 0.15) is 29.0 Å². The maximum Gasteiger partial charge on any atom is 0.140 e. The Kier molecular flexibility index (Phi) is 4.36. The van der Waals surface area contributed by atoms with E-state index in [9.17, 15) is 8.78 Å². The number of nitrogens with zero attached hydrogens (tertiary/aromatic N) is 2. The van der Waals surface area contributed by atoms with Crippen LogP contribution < -0.4 is 5.32 Å². The van der Waals surface area contributed by atoms with Crippen molar-refractivity contribution < 1.29 is 13.2 Å². The van der Waals surface area contributed by atoms with Gasteiger partial charge in [0, 0.05) is 25.7 Å². The molecule has 2 aromatic heterocycles. The van der Waals surface area contributed by atoms with Crippen molar-refractivity contribution in [3.8, 4) is 11.3 Å². The van der Waals surface area contributed by atoms with E-state index in [4.69, 9.17) is 4.42 Å². The van der Waals surface area contributed by atoms with Crippen LogP contribution >= 0.6 is 0 Å². The van der Waals surface area contributed by atoms with E-state index < -0.39 is 11.6 Å². The second kappa shape index (κ2) is 6.80. The molecule has 0 bridgehead atoms. The number of rotatable bonds is 5. The monoisotopic (exact) mass is 343 g/mol. The quantitative estimate of drug-likeness (QED) is 0.760. The molecule has 3 aromatic rings. The first-order chi connectivity index (χ1) is 12.2. The summed E-state index contributed by atoms with van der Waals surface area (Å²) >= 11 is 0. The normalized spacial score (nSPS) is 13.8. The molecule has 0 fully saturated rings. The number of aromatic nitrogens is 2. The van der Waals surface area contributed by atoms with E-state index >= 15 is 0 Å². The Hall–Kier alpha value is -2.47. The van der Waals surface area contributed by atoms with Crippen LogP contribution in [0.4, 0.5) is 8.78 Å². The average molecular weight is 343 g/mol.